The van der Waals surface area contributed by atoms with Gasteiger partial charge in [0.2, 0.25) is 0 Å². The molecule has 13 heteroatoms. The molecule has 0 N–H and O–H groups in total. The van der Waals surface area contributed by atoms with Crippen LogP contribution in [0.3, 0.4) is 0 Å². The lowest BCUT2D eigenvalue weighted by Crippen LogP contribution is -2.56. The SMILES string of the molecule is Cc1nc2nc(C)c(O[C@@H]3CCN(c4ccc(-c5ccc(C(=O)N6CC(S(C)(=O)=O)C6)nn5)cc4)C3)c(C)n2n1. The standard InChI is InChI=1S/C27H30N8O4S/c1-16-25(17(2)35-27(28-16)29-18(3)32-35)39-21-11-12-33(13-21)20-7-5-19(6-8-20)23-9-10-24(31-30-23)26(36)34-14-22(15-34)40(4,37)38/h5-10,21-22H,11-15H2,1-4H3/t21-/m1/s1. The molecular formula is C27H30N8O4S. The summed E-state index contributed by atoms with van der Waals surface area (Å²) in [6, 6.07) is 11.5. The third-order valence-electron chi connectivity index (χ3n) is 7.52. The fourth-order valence-electron chi connectivity index (χ4n) is 5.14. The fourth-order valence-corrected chi connectivity index (χ4v) is 6.04. The van der Waals surface area contributed by atoms with E-state index in [0.717, 1.165) is 47.9 Å². The fraction of sp³-hybridized carbons (Fsp3) is 0.407. The summed E-state index contributed by atoms with van der Waals surface area (Å²) in [7, 11) is -3.14. The Labute approximate surface area is 231 Å². The minimum atomic E-state index is -3.14. The van der Waals surface area contributed by atoms with Crippen LogP contribution in [0.4, 0.5) is 5.69 Å². The molecule has 1 amide bonds. The van der Waals surface area contributed by atoms with Crippen LogP contribution in [0.5, 0.6) is 5.75 Å². The van der Waals surface area contributed by atoms with E-state index in [2.05, 4.69) is 30.2 Å². The number of carbonyl (C=O) groups is 1. The van der Waals surface area contributed by atoms with Gasteiger partial charge in [0.05, 0.1) is 28.9 Å². The van der Waals surface area contributed by atoms with Crippen molar-refractivity contribution in [1.29, 1.82) is 0 Å². The molecule has 3 aromatic heterocycles. The highest BCUT2D eigenvalue weighted by Crippen LogP contribution is 2.29. The van der Waals surface area contributed by atoms with Crippen LogP contribution in [0, 0.1) is 20.8 Å². The van der Waals surface area contributed by atoms with Crippen molar-refractivity contribution in [3.8, 4) is 17.0 Å². The van der Waals surface area contributed by atoms with E-state index in [0.29, 0.717) is 17.3 Å². The van der Waals surface area contributed by atoms with E-state index >= 15 is 0 Å². The third kappa shape index (κ3) is 4.85. The van der Waals surface area contributed by atoms with Gasteiger partial charge in [0, 0.05) is 43.6 Å². The molecule has 40 heavy (non-hydrogen) atoms. The van der Waals surface area contributed by atoms with Crippen molar-refractivity contribution in [2.75, 3.05) is 37.3 Å². The molecule has 1 aromatic carbocycles. The molecule has 6 rings (SSSR count). The Kier molecular flexibility index (Phi) is 6.40. The molecule has 0 unspecified atom stereocenters. The molecule has 2 aliphatic heterocycles. The van der Waals surface area contributed by atoms with Crippen molar-refractivity contribution in [3.05, 3.63) is 59.3 Å². The minimum absolute atomic E-state index is 0.0241. The molecule has 5 heterocycles. The van der Waals surface area contributed by atoms with E-state index in [1.807, 2.05) is 45.0 Å². The maximum Gasteiger partial charge on any atom is 0.274 e. The highest BCUT2D eigenvalue weighted by Gasteiger charge is 2.38. The van der Waals surface area contributed by atoms with Gasteiger partial charge in [-0.05, 0) is 45.0 Å². The third-order valence-corrected chi connectivity index (χ3v) is 9.03. The van der Waals surface area contributed by atoms with Crippen molar-refractivity contribution in [2.45, 2.75) is 38.5 Å². The zero-order valence-electron chi connectivity index (χ0n) is 22.8. The number of likely N-dealkylation sites (tertiary alicyclic amines) is 1. The number of aryl methyl sites for hydroxylation is 3. The van der Waals surface area contributed by atoms with Crippen molar-refractivity contribution in [1.82, 2.24) is 34.7 Å². The van der Waals surface area contributed by atoms with Gasteiger partial charge in [0.15, 0.2) is 21.3 Å². The van der Waals surface area contributed by atoms with Crippen molar-refractivity contribution < 1.29 is 17.9 Å². The molecule has 0 bridgehead atoms. The second-order valence-electron chi connectivity index (χ2n) is 10.5. The number of nitrogens with zero attached hydrogens (tertiary/aromatic N) is 8. The first-order valence-corrected chi connectivity index (χ1v) is 15.1. The highest BCUT2D eigenvalue weighted by molar-refractivity contribution is 7.91. The van der Waals surface area contributed by atoms with E-state index < -0.39 is 15.1 Å². The van der Waals surface area contributed by atoms with Crippen LogP contribution < -0.4 is 9.64 Å². The van der Waals surface area contributed by atoms with Gasteiger partial charge in [-0.3, -0.25) is 4.79 Å². The molecule has 1 atom stereocenters. The maximum atomic E-state index is 12.6. The van der Waals surface area contributed by atoms with E-state index in [1.165, 1.54) is 11.2 Å². The summed E-state index contributed by atoms with van der Waals surface area (Å²) in [5.41, 5.74) is 4.52. The van der Waals surface area contributed by atoms with E-state index in [-0.39, 0.29) is 30.8 Å². The van der Waals surface area contributed by atoms with Gasteiger partial charge in [-0.1, -0.05) is 12.1 Å². The normalized spacial score (nSPS) is 17.9. The van der Waals surface area contributed by atoms with Crippen molar-refractivity contribution >= 4 is 27.2 Å². The lowest BCUT2D eigenvalue weighted by Gasteiger charge is -2.37. The highest BCUT2D eigenvalue weighted by atomic mass is 32.2. The number of anilines is 1. The maximum absolute atomic E-state index is 12.6. The van der Waals surface area contributed by atoms with Crippen molar-refractivity contribution in [2.24, 2.45) is 0 Å². The van der Waals surface area contributed by atoms with Crippen LogP contribution in [-0.2, 0) is 9.84 Å². The van der Waals surface area contributed by atoms with Crippen LogP contribution >= 0.6 is 0 Å². The quantitative estimate of drug-likeness (QED) is 0.343. The molecule has 0 spiro atoms. The first-order valence-electron chi connectivity index (χ1n) is 13.1. The number of rotatable bonds is 6. The number of amides is 1. The number of fused-ring (bicyclic) bond motifs is 1. The number of hydrogen-bond donors (Lipinski definition) is 0. The molecule has 2 fully saturated rings. The van der Waals surface area contributed by atoms with Gasteiger partial charge in [-0.2, -0.15) is 9.50 Å². The molecule has 4 aromatic rings. The molecule has 12 nitrogen and oxygen atoms in total. The number of hydrogen-bond acceptors (Lipinski definition) is 10. The molecule has 2 saturated heterocycles. The van der Waals surface area contributed by atoms with E-state index in [9.17, 15) is 13.2 Å². The average Bonchev–Trinajstić information content (AvgIpc) is 3.51. The molecule has 0 saturated carbocycles. The smallest absolute Gasteiger partial charge is 0.274 e. The number of aromatic nitrogens is 6. The van der Waals surface area contributed by atoms with Gasteiger partial charge in [-0.15, -0.1) is 15.3 Å². The Morgan fingerprint density at radius 1 is 0.975 bits per heavy atom. The van der Waals surface area contributed by atoms with Crippen LogP contribution in [0.15, 0.2) is 36.4 Å². The van der Waals surface area contributed by atoms with Crippen molar-refractivity contribution in [3.63, 3.8) is 0 Å². The lowest BCUT2D eigenvalue weighted by molar-refractivity contribution is 0.0652. The Morgan fingerprint density at radius 3 is 2.40 bits per heavy atom. The zero-order valence-corrected chi connectivity index (χ0v) is 23.6. The molecular weight excluding hydrogens is 532 g/mol. The lowest BCUT2D eigenvalue weighted by atomic mass is 10.1. The van der Waals surface area contributed by atoms with Gasteiger partial charge >= 0.3 is 0 Å². The summed E-state index contributed by atoms with van der Waals surface area (Å²) >= 11 is 0. The predicted molar refractivity (Wildman–Crippen MR) is 148 cm³/mol. The largest absolute Gasteiger partial charge is 0.485 e. The van der Waals surface area contributed by atoms with Crippen LogP contribution in [0.25, 0.3) is 17.0 Å². The Hall–Kier alpha value is -4.13. The number of ether oxygens (including phenoxy) is 1. The minimum Gasteiger partial charge on any atom is -0.485 e. The monoisotopic (exact) mass is 562 g/mol. The molecule has 2 aliphatic rings. The summed E-state index contributed by atoms with van der Waals surface area (Å²) < 4.78 is 31.3. The van der Waals surface area contributed by atoms with Gasteiger partial charge < -0.3 is 14.5 Å². The molecule has 0 aliphatic carbocycles. The molecule has 0 radical (unpaired) electrons. The van der Waals surface area contributed by atoms with E-state index in [4.69, 9.17) is 4.74 Å². The number of benzene rings is 1. The summed E-state index contributed by atoms with van der Waals surface area (Å²) in [6.45, 7) is 7.76. The second-order valence-corrected chi connectivity index (χ2v) is 12.8. The molecule has 208 valence electrons. The summed E-state index contributed by atoms with van der Waals surface area (Å²) in [5, 5.41) is 12.3. The zero-order chi connectivity index (χ0) is 28.2. The van der Waals surface area contributed by atoms with Crippen LogP contribution in [0.2, 0.25) is 0 Å². The Balaban J connectivity index is 1.08. The first kappa shape index (κ1) is 26.1. The number of sulfone groups is 1. The topological polar surface area (TPSA) is 136 Å². The second kappa shape index (κ2) is 9.81. The van der Waals surface area contributed by atoms with Gasteiger partial charge in [-0.25, -0.2) is 13.4 Å². The Morgan fingerprint density at radius 2 is 1.73 bits per heavy atom. The Bertz CT molecular complexity index is 1700. The van der Waals surface area contributed by atoms with Gasteiger partial charge in [0.1, 0.15) is 11.9 Å². The summed E-state index contributed by atoms with van der Waals surface area (Å²) in [5.74, 6) is 1.70. The predicted octanol–water partition coefficient (Wildman–Crippen LogP) is 2.03. The number of carbonyl (C=O) groups excluding carboxylic acids is 1. The summed E-state index contributed by atoms with van der Waals surface area (Å²) in [4.78, 5) is 25.3. The summed E-state index contributed by atoms with van der Waals surface area (Å²) in [6.07, 6.45) is 2.10. The van der Waals surface area contributed by atoms with E-state index in [1.54, 1.807) is 16.6 Å². The van der Waals surface area contributed by atoms with Crippen LogP contribution in [0.1, 0.15) is 34.1 Å². The van der Waals surface area contributed by atoms with Gasteiger partial charge in [0.25, 0.3) is 11.7 Å². The van der Waals surface area contributed by atoms with Crippen LogP contribution in [-0.4, -0.2) is 92.8 Å². The average molecular weight is 563 g/mol. The first-order chi connectivity index (χ1) is 19.1.